The fraction of sp³-hybridized carbons (Fsp3) is 0.600. The van der Waals surface area contributed by atoms with Gasteiger partial charge in [-0.15, -0.1) is 0 Å². The molecule has 1 aromatic rings. The van der Waals surface area contributed by atoms with Crippen LogP contribution >= 0.6 is 15.9 Å². The van der Waals surface area contributed by atoms with Gasteiger partial charge in [-0.05, 0) is 47.3 Å². The lowest BCUT2D eigenvalue weighted by Crippen LogP contribution is -2.44. The lowest BCUT2D eigenvalue weighted by molar-refractivity contribution is -0.148. The molecule has 0 atom stereocenters. The first-order valence-corrected chi connectivity index (χ1v) is 7.72. The summed E-state index contributed by atoms with van der Waals surface area (Å²) >= 11 is 3.39. The average molecular weight is 326 g/mol. The number of ketones is 1. The summed E-state index contributed by atoms with van der Waals surface area (Å²) in [7, 11) is 0. The molecule has 1 aromatic heterocycles. The van der Waals surface area contributed by atoms with Crippen molar-refractivity contribution in [2.24, 2.45) is 0 Å². The van der Waals surface area contributed by atoms with Crippen LogP contribution in [0.1, 0.15) is 44.6 Å². The molecule has 0 N–H and O–H groups in total. The highest BCUT2D eigenvalue weighted by Gasteiger charge is 2.39. The number of aromatic nitrogens is 1. The van der Waals surface area contributed by atoms with Crippen LogP contribution in [0.2, 0.25) is 0 Å². The first-order chi connectivity index (χ1) is 9.16. The summed E-state index contributed by atoms with van der Waals surface area (Å²) in [6.07, 6.45) is 9.00. The fourth-order valence-electron chi connectivity index (χ4n) is 2.80. The molecule has 0 amide bonds. The number of carbonyl (C=O) groups excluding carboxylic acids is 1. The molecule has 0 radical (unpaired) electrons. The van der Waals surface area contributed by atoms with E-state index in [1.54, 1.807) is 12.4 Å². The van der Waals surface area contributed by atoms with E-state index in [1.165, 1.54) is 6.42 Å². The number of rotatable bonds is 5. The van der Waals surface area contributed by atoms with Crippen LogP contribution in [0.25, 0.3) is 0 Å². The van der Waals surface area contributed by atoms with Crippen molar-refractivity contribution in [2.75, 3.05) is 6.61 Å². The van der Waals surface area contributed by atoms with E-state index in [4.69, 9.17) is 4.74 Å². The summed E-state index contributed by atoms with van der Waals surface area (Å²) in [5.41, 5.74) is 0.402. The van der Waals surface area contributed by atoms with Crippen LogP contribution in [-0.2, 0) is 16.0 Å². The number of pyridine rings is 1. The molecule has 0 aliphatic heterocycles. The number of hydrogen-bond acceptors (Lipinski definition) is 3. The van der Waals surface area contributed by atoms with E-state index in [-0.39, 0.29) is 5.78 Å². The Bertz CT molecular complexity index is 436. The van der Waals surface area contributed by atoms with Crippen LogP contribution in [0.3, 0.4) is 0 Å². The maximum absolute atomic E-state index is 12.6. The molecule has 4 heteroatoms. The summed E-state index contributed by atoms with van der Waals surface area (Å²) in [4.78, 5) is 16.7. The Morgan fingerprint density at radius 3 is 2.74 bits per heavy atom. The highest BCUT2D eigenvalue weighted by Crippen LogP contribution is 2.33. The molecule has 0 unspecified atom stereocenters. The molecule has 1 fully saturated rings. The van der Waals surface area contributed by atoms with Crippen molar-refractivity contribution >= 4 is 21.7 Å². The minimum Gasteiger partial charge on any atom is -0.367 e. The van der Waals surface area contributed by atoms with Gasteiger partial charge in [0.05, 0.1) is 0 Å². The summed E-state index contributed by atoms with van der Waals surface area (Å²) in [5.74, 6) is 0.203. The number of nitrogens with zero attached hydrogens (tertiary/aromatic N) is 1. The Morgan fingerprint density at radius 1 is 1.37 bits per heavy atom. The maximum Gasteiger partial charge on any atom is 0.169 e. The van der Waals surface area contributed by atoms with Gasteiger partial charge in [0.1, 0.15) is 5.60 Å². The zero-order valence-electron chi connectivity index (χ0n) is 11.3. The van der Waals surface area contributed by atoms with Crippen molar-refractivity contribution in [2.45, 2.75) is 51.0 Å². The Kier molecular flexibility index (Phi) is 5.11. The quantitative estimate of drug-likeness (QED) is 0.828. The van der Waals surface area contributed by atoms with Crippen LogP contribution in [0.15, 0.2) is 22.9 Å². The Labute approximate surface area is 122 Å². The second-order valence-electron chi connectivity index (χ2n) is 5.10. The number of hydrogen-bond donors (Lipinski definition) is 0. The first kappa shape index (κ1) is 14.7. The van der Waals surface area contributed by atoms with E-state index in [0.717, 1.165) is 35.7 Å². The highest BCUT2D eigenvalue weighted by molar-refractivity contribution is 9.10. The number of halogens is 1. The predicted octanol–water partition coefficient (Wildman–Crippen LogP) is 3.70. The van der Waals surface area contributed by atoms with Crippen LogP contribution in [-0.4, -0.2) is 23.0 Å². The highest BCUT2D eigenvalue weighted by atomic mass is 79.9. The van der Waals surface area contributed by atoms with Gasteiger partial charge in [0.2, 0.25) is 0 Å². The number of Topliss-reactive ketones (excluding diaryl/α,β-unsaturated/α-hetero) is 1. The Hall–Kier alpha value is -0.740. The minimum absolute atomic E-state index is 0.203. The van der Waals surface area contributed by atoms with Crippen LogP contribution < -0.4 is 0 Å². The zero-order chi connectivity index (χ0) is 13.7. The van der Waals surface area contributed by atoms with Crippen LogP contribution in [0.4, 0.5) is 0 Å². The van der Waals surface area contributed by atoms with Crippen LogP contribution in [0, 0.1) is 0 Å². The fourth-order valence-corrected chi connectivity index (χ4v) is 3.21. The van der Waals surface area contributed by atoms with E-state index in [2.05, 4.69) is 20.9 Å². The topological polar surface area (TPSA) is 39.2 Å². The van der Waals surface area contributed by atoms with Gasteiger partial charge >= 0.3 is 0 Å². The second-order valence-corrected chi connectivity index (χ2v) is 6.01. The molecule has 0 spiro atoms. The standard InChI is InChI=1S/C15H20BrNO2/c1-2-19-15(6-4-3-5-7-15)14(18)9-12-8-13(16)11-17-10-12/h8,10-11H,2-7,9H2,1H3. The van der Waals surface area contributed by atoms with Crippen LogP contribution in [0.5, 0.6) is 0 Å². The van der Waals surface area contributed by atoms with Gasteiger partial charge in [0.25, 0.3) is 0 Å². The Morgan fingerprint density at radius 2 is 2.11 bits per heavy atom. The molecule has 0 bridgehead atoms. The molecule has 0 saturated heterocycles. The van der Waals surface area contributed by atoms with Gasteiger partial charge in [0.15, 0.2) is 5.78 Å². The third kappa shape index (κ3) is 3.63. The van der Waals surface area contributed by atoms with Gasteiger partial charge in [0, 0.05) is 29.9 Å². The maximum atomic E-state index is 12.6. The van der Waals surface area contributed by atoms with Gasteiger partial charge < -0.3 is 4.74 Å². The van der Waals surface area contributed by atoms with Gasteiger partial charge in [-0.1, -0.05) is 19.3 Å². The minimum atomic E-state index is -0.546. The summed E-state index contributed by atoms with van der Waals surface area (Å²) in [6, 6.07) is 1.95. The zero-order valence-corrected chi connectivity index (χ0v) is 12.9. The molecule has 1 aliphatic rings. The average Bonchev–Trinajstić information content (AvgIpc) is 2.40. The van der Waals surface area contributed by atoms with E-state index >= 15 is 0 Å². The SMILES string of the molecule is CCOC1(C(=O)Cc2cncc(Br)c2)CCCCC1. The van der Waals surface area contributed by atoms with Crippen molar-refractivity contribution in [1.82, 2.24) is 4.98 Å². The van der Waals surface area contributed by atoms with Crippen molar-refractivity contribution in [3.63, 3.8) is 0 Å². The molecular formula is C15H20BrNO2. The smallest absolute Gasteiger partial charge is 0.169 e. The van der Waals surface area contributed by atoms with Crippen molar-refractivity contribution < 1.29 is 9.53 Å². The van der Waals surface area contributed by atoms with E-state index < -0.39 is 5.60 Å². The molecule has 1 heterocycles. The van der Waals surface area contributed by atoms with Crippen molar-refractivity contribution in [3.05, 3.63) is 28.5 Å². The molecule has 19 heavy (non-hydrogen) atoms. The van der Waals surface area contributed by atoms with E-state index in [1.807, 2.05) is 13.0 Å². The predicted molar refractivity (Wildman–Crippen MR) is 78.1 cm³/mol. The van der Waals surface area contributed by atoms with Gasteiger partial charge in [-0.3, -0.25) is 9.78 Å². The summed E-state index contributed by atoms with van der Waals surface area (Å²) < 4.78 is 6.76. The molecule has 0 aromatic carbocycles. The molecular weight excluding hydrogens is 306 g/mol. The second kappa shape index (κ2) is 6.62. The lowest BCUT2D eigenvalue weighted by Gasteiger charge is -2.35. The molecule has 104 valence electrons. The summed E-state index contributed by atoms with van der Waals surface area (Å²) in [6.45, 7) is 2.56. The normalized spacial score (nSPS) is 18.2. The Balaban J connectivity index is 2.11. The monoisotopic (exact) mass is 325 g/mol. The molecule has 1 saturated carbocycles. The van der Waals surface area contributed by atoms with Crippen molar-refractivity contribution in [3.8, 4) is 0 Å². The largest absolute Gasteiger partial charge is 0.367 e. The number of ether oxygens (including phenoxy) is 1. The van der Waals surface area contributed by atoms with E-state index in [9.17, 15) is 4.79 Å². The van der Waals surface area contributed by atoms with E-state index in [0.29, 0.717) is 13.0 Å². The molecule has 1 aliphatic carbocycles. The van der Waals surface area contributed by atoms with Gasteiger partial charge in [-0.2, -0.15) is 0 Å². The third-order valence-corrected chi connectivity index (χ3v) is 4.15. The molecule has 3 nitrogen and oxygen atoms in total. The first-order valence-electron chi connectivity index (χ1n) is 6.93. The number of carbonyl (C=O) groups is 1. The third-order valence-electron chi connectivity index (χ3n) is 3.72. The van der Waals surface area contributed by atoms with Gasteiger partial charge in [-0.25, -0.2) is 0 Å². The summed E-state index contributed by atoms with van der Waals surface area (Å²) in [5, 5.41) is 0. The van der Waals surface area contributed by atoms with Crippen molar-refractivity contribution in [1.29, 1.82) is 0 Å². The molecule has 2 rings (SSSR count). The lowest BCUT2D eigenvalue weighted by atomic mass is 9.79.